The Hall–Kier alpha value is -0.480. The third-order valence-corrected chi connectivity index (χ3v) is 4.49. The van der Waals surface area contributed by atoms with Crippen molar-refractivity contribution in [3.8, 4) is 5.75 Å². The normalized spacial score (nSPS) is 22.1. The van der Waals surface area contributed by atoms with Crippen LogP contribution in [0.5, 0.6) is 5.75 Å². The minimum absolute atomic E-state index is 0. The second-order valence-electron chi connectivity index (χ2n) is 6.12. The number of benzene rings is 1. The quantitative estimate of drug-likeness (QED) is 0.870. The molecular weight excluding hydrogens is 307 g/mol. The van der Waals surface area contributed by atoms with Crippen molar-refractivity contribution in [1.29, 1.82) is 0 Å². The van der Waals surface area contributed by atoms with E-state index in [0.29, 0.717) is 6.04 Å². The van der Waals surface area contributed by atoms with Gasteiger partial charge in [-0.2, -0.15) is 0 Å². The molecule has 0 radical (unpaired) electrons. The number of hydrogen-bond acceptors (Lipinski definition) is 3. The van der Waals surface area contributed by atoms with Gasteiger partial charge < -0.3 is 15.4 Å². The molecule has 1 aromatic rings. The van der Waals surface area contributed by atoms with Crippen LogP contribution >= 0.6 is 24.0 Å². The van der Waals surface area contributed by atoms with Crippen molar-refractivity contribution >= 4 is 24.0 Å². The monoisotopic (exact) mass is 330 g/mol. The fraction of sp³-hybridized carbons (Fsp3) is 0.625. The Morgan fingerprint density at radius 3 is 2.71 bits per heavy atom. The van der Waals surface area contributed by atoms with E-state index in [4.69, 9.17) is 22.1 Å². The fourth-order valence-electron chi connectivity index (χ4n) is 2.66. The summed E-state index contributed by atoms with van der Waals surface area (Å²) in [6, 6.07) is 6.54. The Morgan fingerprint density at radius 2 is 2.10 bits per heavy atom. The van der Waals surface area contributed by atoms with Crippen LogP contribution in [0.15, 0.2) is 18.2 Å². The van der Waals surface area contributed by atoms with Gasteiger partial charge in [0.15, 0.2) is 0 Å². The van der Waals surface area contributed by atoms with Crippen molar-refractivity contribution in [1.82, 2.24) is 4.90 Å². The summed E-state index contributed by atoms with van der Waals surface area (Å²) in [6.45, 7) is 4.02. The van der Waals surface area contributed by atoms with Crippen molar-refractivity contribution in [2.75, 3.05) is 26.2 Å². The van der Waals surface area contributed by atoms with Gasteiger partial charge in [-0.15, -0.1) is 12.4 Å². The number of hydrogen-bond donors (Lipinski definition) is 1. The lowest BCUT2D eigenvalue weighted by molar-refractivity contribution is 0.300. The van der Waals surface area contributed by atoms with Gasteiger partial charge in [-0.05, 0) is 55.8 Å². The first-order valence-corrected chi connectivity index (χ1v) is 7.97. The third-order valence-electron chi connectivity index (χ3n) is 4.19. The van der Waals surface area contributed by atoms with E-state index in [-0.39, 0.29) is 12.4 Å². The van der Waals surface area contributed by atoms with Crippen LogP contribution in [0.2, 0.25) is 5.02 Å². The molecule has 2 aliphatic rings. The van der Waals surface area contributed by atoms with Gasteiger partial charge >= 0.3 is 0 Å². The SMILES string of the molecule is Cl.N[C@@H]1CCN(CCc2ccc(OCC3CC3)c(Cl)c2)C1. The molecule has 1 saturated heterocycles. The summed E-state index contributed by atoms with van der Waals surface area (Å²) in [6.07, 6.45) is 4.74. The highest BCUT2D eigenvalue weighted by atomic mass is 35.5. The van der Waals surface area contributed by atoms with Gasteiger partial charge in [0.05, 0.1) is 11.6 Å². The van der Waals surface area contributed by atoms with Gasteiger partial charge in [0.1, 0.15) is 5.75 Å². The molecule has 0 bridgehead atoms. The molecule has 1 aromatic carbocycles. The van der Waals surface area contributed by atoms with Gasteiger partial charge in [0.2, 0.25) is 0 Å². The summed E-state index contributed by atoms with van der Waals surface area (Å²) in [5.74, 6) is 1.58. The largest absolute Gasteiger partial charge is 0.492 e. The minimum Gasteiger partial charge on any atom is -0.492 e. The van der Waals surface area contributed by atoms with E-state index >= 15 is 0 Å². The van der Waals surface area contributed by atoms with Crippen LogP contribution in [0.4, 0.5) is 0 Å². The molecule has 0 spiro atoms. The molecule has 1 atom stereocenters. The van der Waals surface area contributed by atoms with Crippen LogP contribution in [0.1, 0.15) is 24.8 Å². The predicted octanol–water partition coefficient (Wildman–Crippen LogP) is 3.13. The summed E-state index contributed by atoms with van der Waals surface area (Å²) in [5.41, 5.74) is 7.19. The molecule has 21 heavy (non-hydrogen) atoms. The molecule has 1 saturated carbocycles. The van der Waals surface area contributed by atoms with Crippen LogP contribution in [-0.4, -0.2) is 37.2 Å². The van der Waals surface area contributed by atoms with E-state index in [1.54, 1.807) is 0 Å². The smallest absolute Gasteiger partial charge is 0.137 e. The highest BCUT2D eigenvalue weighted by Gasteiger charge is 2.22. The number of ether oxygens (including phenoxy) is 1. The number of halogens is 2. The molecule has 3 nitrogen and oxygen atoms in total. The van der Waals surface area contributed by atoms with Crippen molar-refractivity contribution < 1.29 is 4.74 Å². The van der Waals surface area contributed by atoms with Crippen LogP contribution in [0.3, 0.4) is 0 Å². The highest BCUT2D eigenvalue weighted by Crippen LogP contribution is 2.32. The third kappa shape index (κ3) is 5.03. The van der Waals surface area contributed by atoms with E-state index in [1.807, 2.05) is 12.1 Å². The van der Waals surface area contributed by atoms with Gasteiger partial charge in [-0.25, -0.2) is 0 Å². The van der Waals surface area contributed by atoms with Crippen LogP contribution in [0.25, 0.3) is 0 Å². The summed E-state index contributed by atoms with van der Waals surface area (Å²) < 4.78 is 5.75. The van der Waals surface area contributed by atoms with E-state index in [9.17, 15) is 0 Å². The molecule has 1 aliphatic carbocycles. The average Bonchev–Trinajstić information content (AvgIpc) is 3.17. The van der Waals surface area contributed by atoms with E-state index < -0.39 is 0 Å². The first-order chi connectivity index (χ1) is 9.70. The first kappa shape index (κ1) is 16.9. The number of likely N-dealkylation sites (tertiary alicyclic amines) is 1. The van der Waals surface area contributed by atoms with Crippen molar-refractivity contribution in [3.05, 3.63) is 28.8 Å². The summed E-state index contributed by atoms with van der Waals surface area (Å²) in [7, 11) is 0. The molecular formula is C16H24Cl2N2O. The zero-order chi connectivity index (χ0) is 13.9. The second-order valence-corrected chi connectivity index (χ2v) is 6.53. The van der Waals surface area contributed by atoms with Crippen LogP contribution in [0, 0.1) is 5.92 Å². The maximum Gasteiger partial charge on any atom is 0.137 e. The molecule has 0 amide bonds. The van der Waals surface area contributed by atoms with Gasteiger partial charge in [0.25, 0.3) is 0 Å². The topological polar surface area (TPSA) is 38.5 Å². The standard InChI is InChI=1S/C16H23ClN2O.ClH/c17-15-9-12(5-7-19-8-6-14(18)10-19)3-4-16(15)20-11-13-1-2-13;/h3-4,9,13-14H,1-2,5-8,10-11,18H2;1H/t14-;/m1./s1. The Balaban J connectivity index is 0.00000161. The first-order valence-electron chi connectivity index (χ1n) is 7.60. The minimum atomic E-state index is 0. The molecule has 1 aliphatic heterocycles. The zero-order valence-corrected chi connectivity index (χ0v) is 13.8. The van der Waals surface area contributed by atoms with E-state index in [1.165, 1.54) is 18.4 Å². The van der Waals surface area contributed by atoms with Crippen molar-refractivity contribution in [2.45, 2.75) is 31.7 Å². The highest BCUT2D eigenvalue weighted by molar-refractivity contribution is 6.32. The number of nitrogens with two attached hydrogens (primary N) is 1. The van der Waals surface area contributed by atoms with Gasteiger partial charge in [0, 0.05) is 19.1 Å². The lowest BCUT2D eigenvalue weighted by atomic mass is 10.1. The average molecular weight is 331 g/mol. The Morgan fingerprint density at radius 1 is 1.29 bits per heavy atom. The van der Waals surface area contributed by atoms with Crippen LogP contribution < -0.4 is 10.5 Å². The molecule has 2 fully saturated rings. The molecule has 2 N–H and O–H groups in total. The molecule has 5 heteroatoms. The van der Waals surface area contributed by atoms with Crippen LogP contribution in [-0.2, 0) is 6.42 Å². The fourth-order valence-corrected chi connectivity index (χ4v) is 2.92. The van der Waals surface area contributed by atoms with Gasteiger partial charge in [-0.3, -0.25) is 0 Å². The maximum absolute atomic E-state index is 6.29. The van der Waals surface area contributed by atoms with E-state index in [0.717, 1.165) is 55.8 Å². The zero-order valence-electron chi connectivity index (χ0n) is 12.3. The lowest BCUT2D eigenvalue weighted by Crippen LogP contribution is -2.28. The van der Waals surface area contributed by atoms with Crippen molar-refractivity contribution in [2.24, 2.45) is 11.7 Å². The second kappa shape index (κ2) is 7.68. The summed E-state index contributed by atoms with van der Waals surface area (Å²) >= 11 is 6.29. The van der Waals surface area contributed by atoms with Gasteiger partial charge in [-0.1, -0.05) is 17.7 Å². The number of nitrogens with zero attached hydrogens (tertiary/aromatic N) is 1. The van der Waals surface area contributed by atoms with Crippen molar-refractivity contribution in [3.63, 3.8) is 0 Å². The molecule has 0 unspecified atom stereocenters. The summed E-state index contributed by atoms with van der Waals surface area (Å²) in [5, 5.41) is 0.737. The molecule has 1 heterocycles. The number of rotatable bonds is 6. The van der Waals surface area contributed by atoms with E-state index in [2.05, 4.69) is 11.0 Å². The molecule has 118 valence electrons. The Bertz CT molecular complexity index is 466. The molecule has 3 rings (SSSR count). The summed E-state index contributed by atoms with van der Waals surface area (Å²) in [4.78, 5) is 2.43. The maximum atomic E-state index is 6.29. The lowest BCUT2D eigenvalue weighted by Gasteiger charge is -2.15. The molecule has 0 aromatic heterocycles. The Kier molecular flexibility index (Phi) is 6.18. The Labute approximate surface area is 138 Å². The predicted molar refractivity (Wildman–Crippen MR) is 89.7 cm³/mol.